The van der Waals surface area contributed by atoms with E-state index in [-0.39, 0.29) is 11.4 Å². The predicted octanol–water partition coefficient (Wildman–Crippen LogP) is 4.99. The van der Waals surface area contributed by atoms with E-state index in [0.717, 1.165) is 0 Å². The van der Waals surface area contributed by atoms with Crippen molar-refractivity contribution in [3.63, 3.8) is 0 Å². The third-order valence-electron chi connectivity index (χ3n) is 2.54. The van der Waals surface area contributed by atoms with Crippen LogP contribution < -0.4 is 11.1 Å². The summed E-state index contributed by atoms with van der Waals surface area (Å²) in [6.45, 7) is 0. The van der Waals surface area contributed by atoms with Crippen LogP contribution in [0.5, 0.6) is 0 Å². The molecule has 0 radical (unpaired) electrons. The first kappa shape index (κ1) is 14.9. The number of hydrogen-bond acceptors (Lipinski definition) is 4. The Hall–Kier alpha value is -1.50. The van der Waals surface area contributed by atoms with E-state index in [2.05, 4.69) is 21.2 Å². The minimum atomic E-state index is -0.539. The van der Waals surface area contributed by atoms with Crippen molar-refractivity contribution in [3.8, 4) is 0 Å². The molecule has 2 rings (SSSR count). The number of halogens is 3. The molecule has 0 fully saturated rings. The first-order chi connectivity index (χ1) is 9.40. The molecule has 0 bridgehead atoms. The second-order valence-corrected chi connectivity index (χ2v) is 5.49. The van der Waals surface area contributed by atoms with Crippen LogP contribution in [0.4, 0.5) is 22.7 Å². The van der Waals surface area contributed by atoms with Crippen molar-refractivity contribution in [1.29, 1.82) is 0 Å². The van der Waals surface area contributed by atoms with Crippen LogP contribution >= 0.6 is 39.1 Å². The fourth-order valence-corrected chi connectivity index (χ4v) is 2.40. The molecule has 5 nitrogen and oxygen atoms in total. The van der Waals surface area contributed by atoms with Gasteiger partial charge in [0.25, 0.3) is 5.69 Å². The summed E-state index contributed by atoms with van der Waals surface area (Å²) in [5.41, 5.74) is 6.70. The van der Waals surface area contributed by atoms with Gasteiger partial charge in [0.05, 0.1) is 20.7 Å². The lowest BCUT2D eigenvalue weighted by atomic mass is 10.2. The molecule has 2 aromatic rings. The third-order valence-corrected chi connectivity index (χ3v) is 4.31. The molecule has 0 amide bonds. The zero-order valence-electron chi connectivity index (χ0n) is 9.86. The summed E-state index contributed by atoms with van der Waals surface area (Å²) in [7, 11) is 0. The highest BCUT2D eigenvalue weighted by Crippen LogP contribution is 2.37. The Morgan fingerprint density at radius 1 is 1.20 bits per heavy atom. The summed E-state index contributed by atoms with van der Waals surface area (Å²) in [5.74, 6) is 0. The first-order valence-corrected chi connectivity index (χ1v) is 6.89. The highest BCUT2D eigenvalue weighted by atomic mass is 79.9. The maximum atomic E-state index is 10.7. The summed E-state index contributed by atoms with van der Waals surface area (Å²) >= 11 is 15.4. The number of nitrogens with zero attached hydrogens (tertiary/aromatic N) is 1. The molecule has 8 heteroatoms. The number of nitro groups is 1. The van der Waals surface area contributed by atoms with Crippen LogP contribution in [0.15, 0.2) is 34.8 Å². The van der Waals surface area contributed by atoms with Gasteiger partial charge in [0.15, 0.2) is 0 Å². The number of nitrogens with one attached hydrogen (secondary N) is 1. The number of benzene rings is 2. The molecule has 0 aliphatic heterocycles. The summed E-state index contributed by atoms with van der Waals surface area (Å²) in [6, 6.07) is 7.80. The summed E-state index contributed by atoms with van der Waals surface area (Å²) in [5, 5.41) is 14.4. The molecular formula is C12H8BrCl2N3O2. The van der Waals surface area contributed by atoms with Crippen molar-refractivity contribution >= 4 is 61.9 Å². The maximum Gasteiger partial charge on any atom is 0.292 e. The lowest BCUT2D eigenvalue weighted by Crippen LogP contribution is -1.98. The van der Waals surface area contributed by atoms with Gasteiger partial charge in [-0.05, 0) is 40.2 Å². The molecule has 0 aliphatic rings. The lowest BCUT2D eigenvalue weighted by Gasteiger charge is -2.11. The van der Waals surface area contributed by atoms with E-state index in [4.69, 9.17) is 28.9 Å². The standard InChI is InChI=1S/C12H8BrCl2N3O2/c13-7-2-3-9(12(15)11(7)14)17-6-1-4-10(18(19)20)8(16)5-6/h1-5,17H,16H2. The van der Waals surface area contributed by atoms with E-state index in [0.29, 0.717) is 25.9 Å². The number of nitrogens with two attached hydrogens (primary N) is 1. The number of hydrogen-bond donors (Lipinski definition) is 2. The van der Waals surface area contributed by atoms with Gasteiger partial charge >= 0.3 is 0 Å². The average molecular weight is 377 g/mol. The number of rotatable bonds is 3. The molecule has 0 unspecified atom stereocenters. The molecule has 20 heavy (non-hydrogen) atoms. The molecule has 0 heterocycles. The van der Waals surface area contributed by atoms with Gasteiger partial charge in [-0.1, -0.05) is 23.2 Å². The largest absolute Gasteiger partial charge is 0.393 e. The Kier molecular flexibility index (Phi) is 4.37. The quantitative estimate of drug-likeness (QED) is 0.342. The summed E-state index contributed by atoms with van der Waals surface area (Å²) in [4.78, 5) is 10.1. The van der Waals surface area contributed by atoms with E-state index in [9.17, 15) is 10.1 Å². The topological polar surface area (TPSA) is 81.2 Å². The van der Waals surface area contributed by atoms with E-state index in [1.807, 2.05) is 0 Å². The van der Waals surface area contributed by atoms with Gasteiger partial charge in [-0.3, -0.25) is 10.1 Å². The molecule has 104 valence electrons. The molecular weight excluding hydrogens is 369 g/mol. The molecule has 0 atom stereocenters. The molecule has 0 aromatic heterocycles. The number of nitro benzene ring substituents is 1. The second-order valence-electron chi connectivity index (χ2n) is 3.88. The first-order valence-electron chi connectivity index (χ1n) is 5.34. The third kappa shape index (κ3) is 2.98. The van der Waals surface area contributed by atoms with Crippen molar-refractivity contribution < 1.29 is 4.92 Å². The van der Waals surface area contributed by atoms with Crippen molar-refractivity contribution in [2.75, 3.05) is 11.1 Å². The minimum absolute atomic E-state index is 0.0688. The van der Waals surface area contributed by atoms with Crippen molar-refractivity contribution in [2.45, 2.75) is 0 Å². The zero-order chi connectivity index (χ0) is 14.9. The SMILES string of the molecule is Nc1cc(Nc2ccc(Br)c(Cl)c2Cl)ccc1[N+](=O)[O-]. The number of nitrogen functional groups attached to an aromatic ring is 1. The highest BCUT2D eigenvalue weighted by molar-refractivity contribution is 9.10. The Bertz CT molecular complexity index is 695. The Labute approximate surface area is 133 Å². The van der Waals surface area contributed by atoms with Crippen LogP contribution in [0, 0.1) is 10.1 Å². The second kappa shape index (κ2) is 5.87. The van der Waals surface area contributed by atoms with Crippen LogP contribution in [0.2, 0.25) is 10.0 Å². The fourth-order valence-electron chi connectivity index (χ4n) is 1.58. The van der Waals surface area contributed by atoms with E-state index < -0.39 is 4.92 Å². The van der Waals surface area contributed by atoms with Crippen LogP contribution in [-0.2, 0) is 0 Å². The van der Waals surface area contributed by atoms with E-state index >= 15 is 0 Å². The number of anilines is 3. The molecule has 0 saturated carbocycles. The van der Waals surface area contributed by atoms with E-state index in [1.54, 1.807) is 18.2 Å². The van der Waals surface area contributed by atoms with Crippen molar-refractivity contribution in [3.05, 3.63) is 55.0 Å². The van der Waals surface area contributed by atoms with Gasteiger partial charge in [-0.15, -0.1) is 0 Å². The van der Waals surface area contributed by atoms with Gasteiger partial charge in [0.2, 0.25) is 0 Å². The molecule has 3 N–H and O–H groups in total. The van der Waals surface area contributed by atoms with Crippen LogP contribution in [0.1, 0.15) is 0 Å². The minimum Gasteiger partial charge on any atom is -0.393 e. The predicted molar refractivity (Wildman–Crippen MR) is 85.0 cm³/mol. The van der Waals surface area contributed by atoms with Crippen molar-refractivity contribution in [2.24, 2.45) is 0 Å². The average Bonchev–Trinajstić information content (AvgIpc) is 2.39. The van der Waals surface area contributed by atoms with Gasteiger partial charge in [0, 0.05) is 16.2 Å². The fraction of sp³-hybridized carbons (Fsp3) is 0. The summed E-state index contributed by atoms with van der Waals surface area (Å²) in [6.07, 6.45) is 0. The highest BCUT2D eigenvalue weighted by Gasteiger charge is 2.13. The van der Waals surface area contributed by atoms with Gasteiger partial charge in [0.1, 0.15) is 5.69 Å². The van der Waals surface area contributed by atoms with Gasteiger partial charge in [-0.25, -0.2) is 0 Å². The summed E-state index contributed by atoms with van der Waals surface area (Å²) < 4.78 is 0.679. The maximum absolute atomic E-state index is 10.7. The molecule has 2 aromatic carbocycles. The zero-order valence-corrected chi connectivity index (χ0v) is 13.0. The smallest absolute Gasteiger partial charge is 0.292 e. The van der Waals surface area contributed by atoms with Gasteiger partial charge < -0.3 is 11.1 Å². The van der Waals surface area contributed by atoms with Gasteiger partial charge in [-0.2, -0.15) is 0 Å². The van der Waals surface area contributed by atoms with Crippen LogP contribution in [0.25, 0.3) is 0 Å². The normalized spacial score (nSPS) is 10.3. The van der Waals surface area contributed by atoms with Crippen LogP contribution in [0.3, 0.4) is 0 Å². The molecule has 0 aliphatic carbocycles. The van der Waals surface area contributed by atoms with E-state index in [1.165, 1.54) is 12.1 Å². The molecule has 0 saturated heterocycles. The lowest BCUT2D eigenvalue weighted by molar-refractivity contribution is -0.383. The Balaban J connectivity index is 2.34. The monoisotopic (exact) mass is 375 g/mol. The Morgan fingerprint density at radius 2 is 1.90 bits per heavy atom. The van der Waals surface area contributed by atoms with Crippen LogP contribution in [-0.4, -0.2) is 4.92 Å². The van der Waals surface area contributed by atoms with Crippen molar-refractivity contribution in [1.82, 2.24) is 0 Å². The Morgan fingerprint density at radius 3 is 2.50 bits per heavy atom. The molecule has 0 spiro atoms.